The van der Waals surface area contributed by atoms with Gasteiger partial charge in [0.1, 0.15) is 22.5 Å². The maximum Gasteiger partial charge on any atom is 0.283 e. The van der Waals surface area contributed by atoms with Crippen molar-refractivity contribution in [2.24, 2.45) is 0 Å². The van der Waals surface area contributed by atoms with Crippen molar-refractivity contribution in [1.82, 2.24) is 19.9 Å². The van der Waals surface area contributed by atoms with Crippen molar-refractivity contribution in [2.75, 3.05) is 12.4 Å². The average molecular weight is 501 g/mol. The molecule has 0 unspecified atom stereocenters. The number of rotatable bonds is 9. The molecule has 0 saturated heterocycles. The summed E-state index contributed by atoms with van der Waals surface area (Å²) in [7, 11) is 0. The first-order chi connectivity index (χ1) is 17.6. The van der Waals surface area contributed by atoms with Gasteiger partial charge in [0, 0.05) is 11.8 Å². The highest BCUT2D eigenvalue weighted by Crippen LogP contribution is 2.29. The molecule has 0 aliphatic heterocycles. The highest BCUT2D eigenvalue weighted by Gasteiger charge is 2.19. The average Bonchev–Trinajstić information content (AvgIpc) is 3.58. The molecule has 0 aliphatic carbocycles. The molecular weight excluding hydrogens is 476 g/mol. The number of fused-ring (bicyclic) bond motifs is 1. The first-order valence-electron chi connectivity index (χ1n) is 11.5. The number of H-pyrrole nitrogens is 1. The number of aromatic nitrogens is 3. The molecule has 0 spiro atoms. The molecule has 3 aromatic heterocycles. The van der Waals surface area contributed by atoms with Gasteiger partial charge in [0.15, 0.2) is 5.16 Å². The van der Waals surface area contributed by atoms with E-state index in [2.05, 4.69) is 10.3 Å². The second-order valence-corrected chi connectivity index (χ2v) is 8.84. The van der Waals surface area contributed by atoms with Crippen molar-refractivity contribution in [3.05, 3.63) is 95.3 Å². The molecule has 1 amide bonds. The number of carbonyl (C=O) groups is 1. The van der Waals surface area contributed by atoms with E-state index in [0.717, 1.165) is 11.1 Å². The van der Waals surface area contributed by atoms with E-state index in [4.69, 9.17) is 14.1 Å². The van der Waals surface area contributed by atoms with Crippen LogP contribution in [0.5, 0.6) is 5.75 Å². The third-order valence-electron chi connectivity index (χ3n) is 5.53. The summed E-state index contributed by atoms with van der Waals surface area (Å²) < 4.78 is 12.3. The quantitative estimate of drug-likeness (QED) is 0.223. The Morgan fingerprint density at radius 1 is 1.11 bits per heavy atom. The number of amides is 1. The number of benzene rings is 2. The predicted octanol–water partition coefficient (Wildman–Crippen LogP) is 4.78. The molecule has 3 heterocycles. The lowest BCUT2D eigenvalue weighted by molar-refractivity contribution is -0.118. The molecule has 36 heavy (non-hydrogen) atoms. The Bertz CT molecular complexity index is 1520. The zero-order valence-corrected chi connectivity index (χ0v) is 20.4. The number of hydrogen-bond acceptors (Lipinski definition) is 6. The van der Waals surface area contributed by atoms with Crippen LogP contribution in [0.4, 0.5) is 0 Å². The minimum absolute atomic E-state index is 0.0841. The van der Waals surface area contributed by atoms with Crippen LogP contribution in [0.25, 0.3) is 27.8 Å². The molecule has 0 radical (unpaired) electrons. The fraction of sp³-hybridized carbons (Fsp3) is 0.148. The van der Waals surface area contributed by atoms with E-state index in [9.17, 15) is 9.59 Å². The molecule has 0 fully saturated rings. The van der Waals surface area contributed by atoms with Crippen LogP contribution in [0, 0.1) is 0 Å². The Balaban J connectivity index is 1.52. The summed E-state index contributed by atoms with van der Waals surface area (Å²) >= 11 is 1.20. The van der Waals surface area contributed by atoms with Crippen LogP contribution in [-0.4, -0.2) is 32.8 Å². The molecule has 5 rings (SSSR count). The standard InChI is InChI=1S/C27H24N4O4S/c1-2-34-20-12-10-19(11-13-20)31-26(33)25-24(22(16-29-25)18-7-4-3-5-8-18)30-27(31)36-17-23(32)28-15-21-9-6-14-35-21/h3-14,16,29H,2,15,17H2,1H3,(H,28,32). The fourth-order valence-electron chi connectivity index (χ4n) is 3.84. The minimum atomic E-state index is -0.246. The molecule has 9 heteroatoms. The molecule has 5 aromatic rings. The molecule has 0 bridgehead atoms. The Morgan fingerprint density at radius 2 is 1.92 bits per heavy atom. The van der Waals surface area contributed by atoms with Crippen LogP contribution in [0.3, 0.4) is 0 Å². The van der Waals surface area contributed by atoms with Crippen molar-refractivity contribution < 1.29 is 13.9 Å². The van der Waals surface area contributed by atoms with E-state index in [1.54, 1.807) is 24.6 Å². The van der Waals surface area contributed by atoms with Gasteiger partial charge in [0.2, 0.25) is 5.91 Å². The smallest absolute Gasteiger partial charge is 0.283 e. The first kappa shape index (κ1) is 23.5. The topological polar surface area (TPSA) is 102 Å². The summed E-state index contributed by atoms with van der Waals surface area (Å²) in [5, 5.41) is 3.25. The lowest BCUT2D eigenvalue weighted by atomic mass is 10.1. The number of ether oxygens (including phenoxy) is 1. The number of hydrogen-bond donors (Lipinski definition) is 2. The molecule has 2 N–H and O–H groups in total. The van der Waals surface area contributed by atoms with Crippen molar-refractivity contribution in [1.29, 1.82) is 0 Å². The van der Waals surface area contributed by atoms with E-state index in [-0.39, 0.29) is 17.2 Å². The number of thioether (sulfide) groups is 1. The number of nitrogens with one attached hydrogen (secondary N) is 2. The van der Waals surface area contributed by atoms with Gasteiger partial charge in [-0.05, 0) is 48.9 Å². The lowest BCUT2D eigenvalue weighted by Gasteiger charge is -2.13. The number of aromatic amines is 1. The maximum absolute atomic E-state index is 13.7. The van der Waals surface area contributed by atoms with E-state index in [1.165, 1.54) is 16.3 Å². The number of furan rings is 1. The highest BCUT2D eigenvalue weighted by atomic mass is 32.2. The summed E-state index contributed by atoms with van der Waals surface area (Å²) in [6, 6.07) is 20.6. The zero-order chi connectivity index (χ0) is 24.9. The Morgan fingerprint density at radius 3 is 2.64 bits per heavy atom. The summed E-state index contributed by atoms with van der Waals surface area (Å²) in [6.07, 6.45) is 3.35. The molecule has 0 atom stereocenters. The van der Waals surface area contributed by atoms with Gasteiger partial charge in [-0.15, -0.1) is 0 Å². The van der Waals surface area contributed by atoms with Crippen molar-refractivity contribution in [3.63, 3.8) is 0 Å². The highest BCUT2D eigenvalue weighted by molar-refractivity contribution is 7.99. The minimum Gasteiger partial charge on any atom is -0.494 e. The second kappa shape index (κ2) is 10.6. The van der Waals surface area contributed by atoms with Gasteiger partial charge in [-0.2, -0.15) is 0 Å². The summed E-state index contributed by atoms with van der Waals surface area (Å²) in [5.74, 6) is 1.27. The van der Waals surface area contributed by atoms with Gasteiger partial charge >= 0.3 is 0 Å². The van der Waals surface area contributed by atoms with Gasteiger partial charge in [0.25, 0.3) is 5.56 Å². The summed E-state index contributed by atoms with van der Waals surface area (Å²) in [6.45, 7) is 2.75. The van der Waals surface area contributed by atoms with Crippen LogP contribution in [0.15, 0.2) is 93.6 Å². The van der Waals surface area contributed by atoms with Crippen LogP contribution in [0.2, 0.25) is 0 Å². The first-order valence-corrected chi connectivity index (χ1v) is 12.5. The van der Waals surface area contributed by atoms with Gasteiger partial charge in [-0.25, -0.2) is 4.98 Å². The predicted molar refractivity (Wildman–Crippen MR) is 140 cm³/mol. The summed E-state index contributed by atoms with van der Waals surface area (Å²) in [5.41, 5.74) is 3.12. The van der Waals surface area contributed by atoms with Gasteiger partial charge in [-0.3, -0.25) is 14.2 Å². The monoisotopic (exact) mass is 500 g/mol. The number of nitrogens with zero attached hydrogens (tertiary/aromatic N) is 2. The maximum atomic E-state index is 13.7. The van der Waals surface area contributed by atoms with Crippen LogP contribution in [0.1, 0.15) is 12.7 Å². The van der Waals surface area contributed by atoms with Gasteiger partial charge in [0.05, 0.1) is 30.9 Å². The Hall–Kier alpha value is -4.24. The molecule has 2 aromatic carbocycles. The fourth-order valence-corrected chi connectivity index (χ4v) is 4.68. The van der Waals surface area contributed by atoms with Gasteiger partial charge in [-0.1, -0.05) is 42.1 Å². The van der Waals surface area contributed by atoms with Crippen molar-refractivity contribution in [3.8, 4) is 22.6 Å². The molecule has 8 nitrogen and oxygen atoms in total. The molecule has 0 aliphatic rings. The zero-order valence-electron chi connectivity index (χ0n) is 19.6. The van der Waals surface area contributed by atoms with Crippen LogP contribution >= 0.6 is 11.8 Å². The van der Waals surface area contributed by atoms with E-state index in [0.29, 0.717) is 46.5 Å². The third-order valence-corrected chi connectivity index (χ3v) is 6.47. The molecule has 182 valence electrons. The van der Waals surface area contributed by atoms with Crippen molar-refractivity contribution >= 4 is 28.7 Å². The normalized spacial score (nSPS) is 11.0. The van der Waals surface area contributed by atoms with Crippen LogP contribution < -0.4 is 15.6 Å². The lowest BCUT2D eigenvalue weighted by Crippen LogP contribution is -2.26. The van der Waals surface area contributed by atoms with E-state index >= 15 is 0 Å². The van der Waals surface area contributed by atoms with Gasteiger partial charge < -0.3 is 19.5 Å². The van der Waals surface area contributed by atoms with E-state index in [1.807, 2.05) is 61.5 Å². The van der Waals surface area contributed by atoms with E-state index < -0.39 is 0 Å². The number of carbonyl (C=O) groups excluding carboxylic acids is 1. The van der Waals surface area contributed by atoms with Crippen molar-refractivity contribution in [2.45, 2.75) is 18.6 Å². The molecular formula is C27H24N4O4S. The Labute approximate surface area is 211 Å². The SMILES string of the molecule is CCOc1ccc(-n2c(SCC(=O)NCc3ccco3)nc3c(-c4ccccc4)c[nH]c3c2=O)cc1. The largest absolute Gasteiger partial charge is 0.494 e. The third kappa shape index (κ3) is 4.92. The molecule has 0 saturated carbocycles. The van der Waals surface area contributed by atoms with Crippen LogP contribution in [-0.2, 0) is 11.3 Å². The Kier molecular flexibility index (Phi) is 6.90. The second-order valence-electron chi connectivity index (χ2n) is 7.90. The summed E-state index contributed by atoms with van der Waals surface area (Å²) in [4.78, 5) is 34.2.